The predicted molar refractivity (Wildman–Crippen MR) is 152 cm³/mol. The fraction of sp³-hybridized carbons (Fsp3) is 0.556. The van der Waals surface area contributed by atoms with Crippen molar-refractivity contribution >= 4 is 35.3 Å². The Labute approximate surface area is 244 Å². The maximum Gasteiger partial charge on any atom is 0.245 e. The van der Waals surface area contributed by atoms with Gasteiger partial charge in [-0.15, -0.1) is 0 Å². The minimum Gasteiger partial charge on any atom is -0.394 e. The van der Waals surface area contributed by atoms with E-state index in [0.717, 1.165) is 5.56 Å². The Balaban J connectivity index is 2.41. The number of nitrogens with two attached hydrogens (primary N) is 3. The van der Waals surface area contributed by atoms with Crippen LogP contribution in [0.2, 0.25) is 0 Å². The van der Waals surface area contributed by atoms with Gasteiger partial charge in [0.1, 0.15) is 23.9 Å². The van der Waals surface area contributed by atoms with Crippen molar-refractivity contribution in [3.63, 3.8) is 0 Å². The molecule has 0 bridgehead atoms. The molecule has 1 aromatic carbocycles. The first-order valence-electron chi connectivity index (χ1n) is 13.6. The van der Waals surface area contributed by atoms with Gasteiger partial charge in [-0.2, -0.15) is 0 Å². The Bertz CT molecular complexity index is 1060. The van der Waals surface area contributed by atoms with Crippen molar-refractivity contribution in [2.75, 3.05) is 19.8 Å². The van der Waals surface area contributed by atoms with Gasteiger partial charge in [-0.1, -0.05) is 30.3 Å². The molecule has 0 spiro atoms. The van der Waals surface area contributed by atoms with Crippen LogP contribution in [-0.2, 0) is 35.2 Å². The zero-order valence-corrected chi connectivity index (χ0v) is 23.7. The SMILES string of the molecule is CC(=O)C(CCC(=O)NCCCCC(N)C(=O)N[C@@H](CO)C(=O)N[C@@H](Cc1ccccc1)C(N)=O)N[C@@H](CO)C(N)=O. The van der Waals surface area contributed by atoms with Gasteiger partial charge >= 0.3 is 0 Å². The van der Waals surface area contributed by atoms with Gasteiger partial charge in [-0.25, -0.2) is 0 Å². The van der Waals surface area contributed by atoms with E-state index in [1.165, 1.54) is 6.92 Å². The molecule has 0 aliphatic rings. The molecule has 0 radical (unpaired) electrons. The summed E-state index contributed by atoms with van der Waals surface area (Å²) in [5.41, 5.74) is 17.2. The molecule has 0 aliphatic heterocycles. The number of rotatable bonds is 21. The quantitative estimate of drug-likeness (QED) is 0.0633. The second-order valence-corrected chi connectivity index (χ2v) is 9.86. The third kappa shape index (κ3) is 13.6. The van der Waals surface area contributed by atoms with E-state index in [-0.39, 0.29) is 43.9 Å². The number of carbonyl (C=O) groups excluding carboxylic acids is 6. The van der Waals surface area contributed by atoms with Gasteiger partial charge in [0.05, 0.1) is 25.3 Å². The monoisotopic (exact) mass is 593 g/mol. The summed E-state index contributed by atoms with van der Waals surface area (Å²) in [5.74, 6) is -3.69. The Morgan fingerprint density at radius 2 is 1.38 bits per heavy atom. The van der Waals surface area contributed by atoms with Gasteiger partial charge in [0.2, 0.25) is 29.5 Å². The number of hydrogen-bond acceptors (Lipinski definition) is 10. The molecular formula is C27H43N7O8. The average molecular weight is 594 g/mol. The van der Waals surface area contributed by atoms with E-state index in [4.69, 9.17) is 17.2 Å². The number of benzene rings is 1. The van der Waals surface area contributed by atoms with Crippen LogP contribution in [0.25, 0.3) is 0 Å². The van der Waals surface area contributed by atoms with Crippen molar-refractivity contribution < 1.29 is 39.0 Å². The Morgan fingerprint density at radius 3 is 1.93 bits per heavy atom. The molecule has 0 aromatic heterocycles. The van der Waals surface area contributed by atoms with Gasteiger partial charge in [0.15, 0.2) is 0 Å². The number of ketones is 1. The molecule has 0 aliphatic carbocycles. The summed E-state index contributed by atoms with van der Waals surface area (Å²) in [6, 6.07) is 3.56. The van der Waals surface area contributed by atoms with Gasteiger partial charge < -0.3 is 43.4 Å². The second-order valence-electron chi connectivity index (χ2n) is 9.86. The lowest BCUT2D eigenvalue weighted by atomic mass is 10.0. The normalized spacial score (nSPS) is 14.5. The number of amides is 5. The van der Waals surface area contributed by atoms with Crippen LogP contribution in [0.4, 0.5) is 0 Å². The number of primary amides is 2. The molecule has 2 unspecified atom stereocenters. The van der Waals surface area contributed by atoms with Crippen LogP contribution in [-0.4, -0.2) is 95.5 Å². The molecule has 42 heavy (non-hydrogen) atoms. The number of carbonyl (C=O) groups is 6. The number of aliphatic hydroxyl groups excluding tert-OH is 2. The summed E-state index contributed by atoms with van der Waals surface area (Å²) in [6.45, 7) is 0.271. The first-order chi connectivity index (χ1) is 19.9. The number of aliphatic hydroxyl groups is 2. The largest absolute Gasteiger partial charge is 0.394 e. The molecule has 0 heterocycles. The molecule has 5 amide bonds. The highest BCUT2D eigenvalue weighted by atomic mass is 16.3. The highest BCUT2D eigenvalue weighted by Gasteiger charge is 2.27. The zero-order valence-electron chi connectivity index (χ0n) is 23.7. The molecular weight excluding hydrogens is 550 g/mol. The van der Waals surface area contributed by atoms with E-state index in [2.05, 4.69) is 21.3 Å². The first kappa shape index (κ1) is 36.1. The molecule has 234 valence electrons. The maximum atomic E-state index is 12.6. The highest BCUT2D eigenvalue weighted by molar-refractivity contribution is 5.92. The number of Topliss-reactive ketones (excluding diaryl/α,β-unsaturated/α-hetero) is 1. The van der Waals surface area contributed by atoms with Crippen LogP contribution < -0.4 is 38.5 Å². The van der Waals surface area contributed by atoms with E-state index in [1.807, 2.05) is 0 Å². The van der Waals surface area contributed by atoms with Crippen molar-refractivity contribution in [2.24, 2.45) is 17.2 Å². The van der Waals surface area contributed by atoms with Crippen LogP contribution in [0, 0.1) is 0 Å². The molecule has 15 nitrogen and oxygen atoms in total. The minimum atomic E-state index is -1.34. The molecule has 12 N–H and O–H groups in total. The summed E-state index contributed by atoms with van der Waals surface area (Å²) in [7, 11) is 0. The smallest absolute Gasteiger partial charge is 0.245 e. The lowest BCUT2D eigenvalue weighted by Gasteiger charge is -2.22. The highest BCUT2D eigenvalue weighted by Crippen LogP contribution is 2.05. The third-order valence-corrected chi connectivity index (χ3v) is 6.44. The topological polar surface area (TPSA) is 269 Å². The Hall–Kier alpha value is -3.92. The Morgan fingerprint density at radius 1 is 0.786 bits per heavy atom. The van der Waals surface area contributed by atoms with Gasteiger partial charge in [0, 0.05) is 19.4 Å². The van der Waals surface area contributed by atoms with Gasteiger partial charge in [-0.3, -0.25) is 34.1 Å². The van der Waals surface area contributed by atoms with Gasteiger partial charge in [-0.05, 0) is 38.2 Å². The zero-order chi connectivity index (χ0) is 31.7. The average Bonchev–Trinajstić information content (AvgIpc) is 2.95. The van der Waals surface area contributed by atoms with Crippen molar-refractivity contribution in [3.05, 3.63) is 35.9 Å². The summed E-state index contributed by atoms with van der Waals surface area (Å²) in [6.07, 6.45) is 1.40. The number of hydrogen-bond donors (Lipinski definition) is 9. The van der Waals surface area contributed by atoms with Crippen molar-refractivity contribution in [2.45, 2.75) is 75.7 Å². The summed E-state index contributed by atoms with van der Waals surface area (Å²) in [5, 5.41) is 29.0. The fourth-order valence-corrected chi connectivity index (χ4v) is 3.90. The van der Waals surface area contributed by atoms with E-state index in [9.17, 15) is 39.0 Å². The van der Waals surface area contributed by atoms with E-state index >= 15 is 0 Å². The number of nitrogens with one attached hydrogen (secondary N) is 4. The summed E-state index contributed by atoms with van der Waals surface area (Å²) in [4.78, 5) is 72.1. The Kier molecular flexibility index (Phi) is 16.5. The maximum absolute atomic E-state index is 12.6. The van der Waals surface area contributed by atoms with E-state index in [1.54, 1.807) is 30.3 Å². The number of unbranched alkanes of at least 4 members (excludes halogenated alkanes) is 1. The van der Waals surface area contributed by atoms with Crippen LogP contribution in [0.15, 0.2) is 30.3 Å². The molecule has 1 rings (SSSR count). The lowest BCUT2D eigenvalue weighted by molar-refractivity contribution is -0.132. The van der Waals surface area contributed by atoms with E-state index < -0.39 is 67.1 Å². The van der Waals surface area contributed by atoms with Crippen molar-refractivity contribution in [3.8, 4) is 0 Å². The van der Waals surface area contributed by atoms with Crippen LogP contribution in [0.5, 0.6) is 0 Å². The van der Waals surface area contributed by atoms with Crippen molar-refractivity contribution in [1.29, 1.82) is 0 Å². The molecule has 15 heteroatoms. The third-order valence-electron chi connectivity index (χ3n) is 6.44. The lowest BCUT2D eigenvalue weighted by Crippen LogP contribution is -2.57. The summed E-state index contributed by atoms with van der Waals surface area (Å²) < 4.78 is 0. The fourth-order valence-electron chi connectivity index (χ4n) is 3.90. The van der Waals surface area contributed by atoms with Gasteiger partial charge in [0.25, 0.3) is 0 Å². The molecule has 0 saturated heterocycles. The van der Waals surface area contributed by atoms with Crippen LogP contribution in [0.3, 0.4) is 0 Å². The van der Waals surface area contributed by atoms with E-state index in [0.29, 0.717) is 12.8 Å². The standard InChI is InChI=1S/C27H43N7O8/c1-16(37)19(32-21(14-35)25(30)40)10-11-23(38)31-12-6-5-9-18(28)26(41)34-22(15-36)27(42)33-20(24(29)39)13-17-7-3-2-4-8-17/h2-4,7-8,18-22,32,35-36H,5-6,9-15,28H2,1H3,(H2,29,39)(H2,30,40)(H,31,38)(H,33,42)(H,34,41)/t18?,19?,20-,21-,22-/m0/s1. The molecule has 0 saturated carbocycles. The summed E-state index contributed by atoms with van der Waals surface area (Å²) >= 11 is 0. The molecule has 0 fully saturated rings. The minimum absolute atomic E-state index is 0.0113. The molecule has 5 atom stereocenters. The second kappa shape index (κ2) is 19.2. The van der Waals surface area contributed by atoms with Crippen LogP contribution >= 0.6 is 0 Å². The van der Waals surface area contributed by atoms with Crippen LogP contribution in [0.1, 0.15) is 44.6 Å². The van der Waals surface area contributed by atoms with Crippen molar-refractivity contribution in [1.82, 2.24) is 21.3 Å². The first-order valence-corrected chi connectivity index (χ1v) is 13.6. The predicted octanol–water partition coefficient (Wildman–Crippen LogP) is -3.54. The molecule has 1 aromatic rings.